The van der Waals surface area contributed by atoms with Gasteiger partial charge in [-0.2, -0.15) is 13.2 Å². The molecule has 0 bridgehead atoms. The van der Waals surface area contributed by atoms with E-state index < -0.39 is 42.6 Å². The van der Waals surface area contributed by atoms with E-state index in [0.717, 1.165) is 12.5 Å². The summed E-state index contributed by atoms with van der Waals surface area (Å²) in [5.74, 6) is -2.71. The maximum absolute atomic E-state index is 12.6. The van der Waals surface area contributed by atoms with Crippen LogP contribution >= 0.6 is 0 Å². The van der Waals surface area contributed by atoms with Crippen molar-refractivity contribution < 1.29 is 37.0 Å². The lowest BCUT2D eigenvalue weighted by Crippen LogP contribution is -2.58. The number of hydrogen-bond acceptors (Lipinski definition) is 5. The lowest BCUT2D eigenvalue weighted by molar-refractivity contribution is -0.233. The van der Waals surface area contributed by atoms with Gasteiger partial charge in [0.1, 0.15) is 6.10 Å². The Labute approximate surface area is 148 Å². The van der Waals surface area contributed by atoms with Gasteiger partial charge in [-0.05, 0) is 12.5 Å². The molecule has 1 heterocycles. The Bertz CT molecular complexity index is 623. The molecule has 1 fully saturated rings. The quantitative estimate of drug-likeness (QED) is 0.800. The molecular formula is C17H20F3NO5. The second-order valence-corrected chi connectivity index (χ2v) is 5.95. The molecule has 6 nitrogen and oxygen atoms in total. The van der Waals surface area contributed by atoms with Crippen LogP contribution < -0.4 is 5.32 Å². The van der Waals surface area contributed by atoms with Gasteiger partial charge in [0.25, 0.3) is 0 Å². The third-order valence-corrected chi connectivity index (χ3v) is 3.83. The van der Waals surface area contributed by atoms with Crippen molar-refractivity contribution in [2.75, 3.05) is 0 Å². The van der Waals surface area contributed by atoms with Crippen molar-refractivity contribution in [1.29, 1.82) is 0 Å². The molecule has 1 unspecified atom stereocenters. The van der Waals surface area contributed by atoms with Crippen LogP contribution in [0.2, 0.25) is 0 Å². The molecule has 144 valence electrons. The first-order valence-electron chi connectivity index (χ1n) is 8.02. The Morgan fingerprint density at radius 1 is 1.27 bits per heavy atom. The van der Waals surface area contributed by atoms with Crippen molar-refractivity contribution in [3.8, 4) is 0 Å². The number of ether oxygens (including phenoxy) is 3. The molecular weight excluding hydrogens is 355 g/mol. The summed E-state index contributed by atoms with van der Waals surface area (Å²) in [6.45, 7) is 2.88. The van der Waals surface area contributed by atoms with Gasteiger partial charge < -0.3 is 19.5 Å². The third-order valence-electron chi connectivity index (χ3n) is 3.83. The lowest BCUT2D eigenvalue weighted by Gasteiger charge is -2.40. The van der Waals surface area contributed by atoms with E-state index in [-0.39, 0.29) is 13.0 Å². The Kier molecular flexibility index (Phi) is 6.60. The topological polar surface area (TPSA) is 73.9 Å². The number of halogens is 3. The predicted octanol–water partition coefficient (Wildman–Crippen LogP) is 2.32. The van der Waals surface area contributed by atoms with Crippen molar-refractivity contribution in [1.82, 2.24) is 5.32 Å². The normalized spacial score (nSPS) is 26.2. The van der Waals surface area contributed by atoms with Gasteiger partial charge in [-0.3, -0.25) is 9.59 Å². The van der Waals surface area contributed by atoms with Crippen LogP contribution in [-0.4, -0.2) is 42.6 Å². The average molecular weight is 375 g/mol. The first-order chi connectivity index (χ1) is 12.2. The molecule has 1 aromatic rings. The number of hydrogen-bond donors (Lipinski definition) is 1. The van der Waals surface area contributed by atoms with Crippen LogP contribution in [0.1, 0.15) is 25.8 Å². The zero-order chi connectivity index (χ0) is 19.3. The zero-order valence-corrected chi connectivity index (χ0v) is 14.3. The minimum absolute atomic E-state index is 0.135. The van der Waals surface area contributed by atoms with Crippen LogP contribution in [0.5, 0.6) is 0 Å². The molecule has 0 aliphatic carbocycles. The standard InChI is InChI=1S/C17H20F3NO5/c1-10-15(24-9-12-6-4-3-5-7-12)13(21-16(23)17(18,19)20)8-14(25-10)26-11(2)22/h3-7,10,13-15H,8-9H2,1-2H3,(H,21,23)/t10-,13-,14?,15-/m1/s1. The van der Waals surface area contributed by atoms with Gasteiger partial charge in [0.2, 0.25) is 6.29 Å². The number of amides is 1. The highest BCUT2D eigenvalue weighted by Gasteiger charge is 2.45. The number of carbonyl (C=O) groups is 2. The van der Waals surface area contributed by atoms with E-state index in [1.54, 1.807) is 31.2 Å². The number of rotatable bonds is 5. The fraction of sp³-hybridized carbons (Fsp3) is 0.529. The molecule has 9 heteroatoms. The Morgan fingerprint density at radius 3 is 2.50 bits per heavy atom. The second-order valence-electron chi connectivity index (χ2n) is 5.95. The highest BCUT2D eigenvalue weighted by Crippen LogP contribution is 2.26. The number of benzene rings is 1. The van der Waals surface area contributed by atoms with Crippen LogP contribution in [0.4, 0.5) is 13.2 Å². The van der Waals surface area contributed by atoms with Gasteiger partial charge >= 0.3 is 18.1 Å². The summed E-state index contributed by atoms with van der Waals surface area (Å²) < 4.78 is 54.0. The van der Waals surface area contributed by atoms with Crippen molar-refractivity contribution in [3.63, 3.8) is 0 Å². The van der Waals surface area contributed by atoms with Crippen LogP contribution in [0, 0.1) is 0 Å². The second kappa shape index (κ2) is 8.50. The van der Waals surface area contributed by atoms with Crippen molar-refractivity contribution >= 4 is 11.9 Å². The van der Waals surface area contributed by atoms with Crippen molar-refractivity contribution in [2.45, 2.75) is 57.6 Å². The molecule has 2 rings (SSSR count). The van der Waals surface area contributed by atoms with E-state index in [1.165, 1.54) is 0 Å². The lowest BCUT2D eigenvalue weighted by atomic mass is 9.99. The highest BCUT2D eigenvalue weighted by molar-refractivity contribution is 5.82. The number of nitrogens with one attached hydrogen (secondary N) is 1. The molecule has 1 N–H and O–H groups in total. The van der Waals surface area contributed by atoms with E-state index in [4.69, 9.17) is 14.2 Å². The summed E-state index contributed by atoms with van der Waals surface area (Å²) in [4.78, 5) is 22.4. The number of alkyl halides is 3. The molecule has 0 radical (unpaired) electrons. The SMILES string of the molecule is CC(=O)OC1C[C@@H](NC(=O)C(F)(F)F)[C@H](OCc2ccccc2)[C@@H](C)O1. The van der Waals surface area contributed by atoms with Crippen LogP contribution in [0.15, 0.2) is 30.3 Å². The minimum atomic E-state index is -5.03. The fourth-order valence-corrected chi connectivity index (χ4v) is 2.71. The minimum Gasteiger partial charge on any atom is -0.436 e. The highest BCUT2D eigenvalue weighted by atomic mass is 19.4. The van der Waals surface area contributed by atoms with Crippen molar-refractivity contribution in [3.05, 3.63) is 35.9 Å². The van der Waals surface area contributed by atoms with Crippen LogP contribution in [0.3, 0.4) is 0 Å². The molecule has 1 aliphatic rings. The first-order valence-corrected chi connectivity index (χ1v) is 8.02. The molecule has 1 aliphatic heterocycles. The Balaban J connectivity index is 2.10. The van der Waals surface area contributed by atoms with Gasteiger partial charge in [-0.1, -0.05) is 30.3 Å². The fourth-order valence-electron chi connectivity index (χ4n) is 2.71. The molecule has 0 spiro atoms. The van der Waals surface area contributed by atoms with Gasteiger partial charge in [-0.25, -0.2) is 0 Å². The molecule has 1 saturated heterocycles. The first kappa shape index (κ1) is 20.2. The third kappa shape index (κ3) is 5.70. The molecule has 1 aromatic carbocycles. The largest absolute Gasteiger partial charge is 0.471 e. The molecule has 1 amide bonds. The van der Waals surface area contributed by atoms with E-state index in [9.17, 15) is 22.8 Å². The van der Waals surface area contributed by atoms with E-state index in [2.05, 4.69) is 0 Å². The van der Waals surface area contributed by atoms with Gasteiger partial charge in [0.05, 0.1) is 18.8 Å². The molecule has 4 atom stereocenters. The van der Waals surface area contributed by atoms with Crippen LogP contribution in [-0.2, 0) is 30.4 Å². The van der Waals surface area contributed by atoms with Crippen molar-refractivity contribution in [2.24, 2.45) is 0 Å². The molecule has 0 saturated carbocycles. The molecule has 26 heavy (non-hydrogen) atoms. The maximum Gasteiger partial charge on any atom is 0.471 e. The van der Waals surface area contributed by atoms with E-state index >= 15 is 0 Å². The maximum atomic E-state index is 12.6. The summed E-state index contributed by atoms with van der Waals surface area (Å²) >= 11 is 0. The Hall–Kier alpha value is -2.13. The van der Waals surface area contributed by atoms with Gasteiger partial charge in [-0.15, -0.1) is 0 Å². The summed E-state index contributed by atoms with van der Waals surface area (Å²) in [5.41, 5.74) is 0.822. The smallest absolute Gasteiger partial charge is 0.436 e. The summed E-state index contributed by atoms with van der Waals surface area (Å²) in [7, 11) is 0. The summed E-state index contributed by atoms with van der Waals surface area (Å²) in [5, 5.41) is 1.92. The summed E-state index contributed by atoms with van der Waals surface area (Å²) in [6, 6.07) is 8.02. The molecule has 0 aromatic heterocycles. The van der Waals surface area contributed by atoms with E-state index in [0.29, 0.717) is 0 Å². The predicted molar refractivity (Wildman–Crippen MR) is 83.7 cm³/mol. The zero-order valence-electron chi connectivity index (χ0n) is 14.3. The van der Waals surface area contributed by atoms with Gasteiger partial charge in [0, 0.05) is 13.3 Å². The van der Waals surface area contributed by atoms with E-state index in [1.807, 2.05) is 11.4 Å². The van der Waals surface area contributed by atoms with Gasteiger partial charge in [0.15, 0.2) is 0 Å². The number of carbonyl (C=O) groups excluding carboxylic acids is 2. The summed E-state index contributed by atoms with van der Waals surface area (Å²) in [6.07, 6.45) is -7.77. The Morgan fingerprint density at radius 2 is 1.92 bits per heavy atom. The monoisotopic (exact) mass is 375 g/mol. The average Bonchev–Trinajstić information content (AvgIpc) is 2.53. The number of esters is 1. The van der Waals surface area contributed by atoms with Crippen LogP contribution in [0.25, 0.3) is 0 Å².